The quantitative estimate of drug-likeness (QED) is 0.863. The summed E-state index contributed by atoms with van der Waals surface area (Å²) in [5, 5.41) is 11.9. The Morgan fingerprint density at radius 2 is 2.00 bits per heavy atom. The normalized spacial score (nSPS) is 11.1. The van der Waals surface area contributed by atoms with Gasteiger partial charge >= 0.3 is 5.97 Å². The Kier molecular flexibility index (Phi) is 5.92. The zero-order valence-electron chi connectivity index (χ0n) is 12.3. The molecule has 0 saturated heterocycles. The minimum absolute atomic E-state index is 0.0218. The first kappa shape index (κ1) is 17.7. The van der Waals surface area contributed by atoms with Crippen molar-refractivity contribution in [2.24, 2.45) is 0 Å². The molecule has 0 saturated carbocycles. The van der Waals surface area contributed by atoms with Crippen molar-refractivity contribution in [2.75, 3.05) is 18.2 Å². The SMILES string of the molecule is COc1cc(NC(=O)CSC(C)(C)C)c(Cl)cc1C(=O)O. The van der Waals surface area contributed by atoms with Gasteiger partial charge in [0, 0.05) is 10.8 Å². The van der Waals surface area contributed by atoms with E-state index in [9.17, 15) is 9.59 Å². The molecule has 0 radical (unpaired) electrons. The molecule has 0 unspecified atom stereocenters. The summed E-state index contributed by atoms with van der Waals surface area (Å²) in [5.41, 5.74) is 0.280. The Hall–Kier alpha value is -1.40. The van der Waals surface area contributed by atoms with Crippen LogP contribution in [0.15, 0.2) is 12.1 Å². The predicted molar refractivity (Wildman–Crippen MR) is 85.8 cm³/mol. The highest BCUT2D eigenvalue weighted by Crippen LogP contribution is 2.31. The minimum Gasteiger partial charge on any atom is -0.496 e. The molecule has 0 fully saturated rings. The lowest BCUT2D eigenvalue weighted by molar-refractivity contribution is -0.113. The van der Waals surface area contributed by atoms with Crippen molar-refractivity contribution in [3.63, 3.8) is 0 Å². The van der Waals surface area contributed by atoms with Crippen LogP contribution in [0.25, 0.3) is 0 Å². The molecule has 0 atom stereocenters. The van der Waals surface area contributed by atoms with Crippen LogP contribution in [0.2, 0.25) is 5.02 Å². The van der Waals surface area contributed by atoms with E-state index in [0.29, 0.717) is 5.69 Å². The number of carboxylic acids is 1. The van der Waals surface area contributed by atoms with E-state index in [4.69, 9.17) is 21.4 Å². The Labute approximate surface area is 133 Å². The van der Waals surface area contributed by atoms with Crippen molar-refractivity contribution in [1.82, 2.24) is 0 Å². The van der Waals surface area contributed by atoms with E-state index in [1.807, 2.05) is 20.8 Å². The number of benzene rings is 1. The monoisotopic (exact) mass is 331 g/mol. The second kappa shape index (κ2) is 7.04. The van der Waals surface area contributed by atoms with E-state index < -0.39 is 5.97 Å². The number of amides is 1. The van der Waals surface area contributed by atoms with Crippen LogP contribution in [0.5, 0.6) is 5.75 Å². The van der Waals surface area contributed by atoms with Gasteiger partial charge in [-0.1, -0.05) is 32.4 Å². The fourth-order valence-corrected chi connectivity index (χ4v) is 2.30. The van der Waals surface area contributed by atoms with E-state index >= 15 is 0 Å². The van der Waals surface area contributed by atoms with E-state index in [1.165, 1.54) is 31.0 Å². The van der Waals surface area contributed by atoms with Gasteiger partial charge in [-0.3, -0.25) is 4.79 Å². The van der Waals surface area contributed by atoms with Crippen LogP contribution in [0.3, 0.4) is 0 Å². The molecule has 2 N–H and O–H groups in total. The summed E-state index contributed by atoms with van der Waals surface area (Å²) >= 11 is 7.50. The van der Waals surface area contributed by atoms with E-state index in [0.717, 1.165) is 0 Å². The van der Waals surface area contributed by atoms with Crippen molar-refractivity contribution < 1.29 is 19.4 Å². The molecular formula is C14H18ClNO4S. The highest BCUT2D eigenvalue weighted by atomic mass is 35.5. The summed E-state index contributed by atoms with van der Waals surface area (Å²) in [5.74, 6) is -0.925. The Morgan fingerprint density at radius 3 is 2.48 bits per heavy atom. The van der Waals surface area contributed by atoms with E-state index in [-0.39, 0.29) is 32.7 Å². The number of anilines is 1. The smallest absolute Gasteiger partial charge is 0.339 e. The molecule has 1 aromatic rings. The summed E-state index contributed by atoms with van der Waals surface area (Å²) in [7, 11) is 1.36. The van der Waals surface area contributed by atoms with Gasteiger partial charge in [0.15, 0.2) is 0 Å². The van der Waals surface area contributed by atoms with Crippen LogP contribution in [0.4, 0.5) is 5.69 Å². The van der Waals surface area contributed by atoms with Crippen LogP contribution in [-0.2, 0) is 4.79 Å². The fraction of sp³-hybridized carbons (Fsp3) is 0.429. The fourth-order valence-electron chi connectivity index (χ4n) is 1.45. The minimum atomic E-state index is -1.14. The molecule has 0 heterocycles. The maximum atomic E-state index is 11.9. The summed E-state index contributed by atoms with van der Waals surface area (Å²) in [6.45, 7) is 6.05. The highest BCUT2D eigenvalue weighted by Gasteiger charge is 2.17. The van der Waals surface area contributed by atoms with Crippen LogP contribution < -0.4 is 10.1 Å². The number of aromatic carboxylic acids is 1. The maximum absolute atomic E-state index is 11.9. The standard InChI is InChI=1S/C14H18ClNO4S/c1-14(2,3)21-7-12(17)16-10-6-11(20-4)8(13(18)19)5-9(10)15/h5-6H,7H2,1-4H3,(H,16,17)(H,18,19). The number of carboxylic acid groups (broad SMARTS) is 1. The molecule has 0 aromatic heterocycles. The first-order valence-electron chi connectivity index (χ1n) is 6.18. The number of methoxy groups -OCH3 is 1. The van der Waals surface area contributed by atoms with Gasteiger partial charge < -0.3 is 15.2 Å². The molecule has 116 valence electrons. The number of nitrogens with one attached hydrogen (secondary N) is 1. The Balaban J connectivity index is 2.89. The van der Waals surface area contributed by atoms with Gasteiger partial charge in [-0.15, -0.1) is 11.8 Å². The predicted octanol–water partition coefficient (Wildman–Crippen LogP) is 3.52. The molecule has 21 heavy (non-hydrogen) atoms. The molecule has 0 spiro atoms. The van der Waals surface area contributed by atoms with Crippen LogP contribution >= 0.6 is 23.4 Å². The summed E-state index contributed by atoms with van der Waals surface area (Å²) in [6.07, 6.45) is 0. The van der Waals surface area contributed by atoms with Gasteiger partial charge in [0.25, 0.3) is 0 Å². The second-order valence-electron chi connectivity index (χ2n) is 5.29. The maximum Gasteiger partial charge on any atom is 0.339 e. The number of hydrogen-bond acceptors (Lipinski definition) is 4. The zero-order chi connectivity index (χ0) is 16.2. The summed E-state index contributed by atoms with van der Waals surface area (Å²) in [4.78, 5) is 22.9. The number of halogens is 1. The van der Waals surface area contributed by atoms with Crippen molar-refractivity contribution in [2.45, 2.75) is 25.5 Å². The molecule has 0 aliphatic heterocycles. The summed E-state index contributed by atoms with van der Waals surface area (Å²) < 4.78 is 4.98. The lowest BCUT2D eigenvalue weighted by Crippen LogP contribution is -2.19. The van der Waals surface area contributed by atoms with Crippen molar-refractivity contribution in [3.05, 3.63) is 22.7 Å². The molecule has 1 aromatic carbocycles. The Morgan fingerprint density at radius 1 is 1.38 bits per heavy atom. The largest absolute Gasteiger partial charge is 0.496 e. The molecule has 1 rings (SSSR count). The van der Waals surface area contributed by atoms with Crippen LogP contribution in [-0.4, -0.2) is 34.6 Å². The van der Waals surface area contributed by atoms with Crippen LogP contribution in [0.1, 0.15) is 31.1 Å². The van der Waals surface area contributed by atoms with Crippen LogP contribution in [0, 0.1) is 0 Å². The van der Waals surface area contributed by atoms with Gasteiger partial charge in [-0.25, -0.2) is 4.79 Å². The molecule has 7 heteroatoms. The summed E-state index contributed by atoms with van der Waals surface area (Å²) in [6, 6.07) is 2.67. The van der Waals surface area contributed by atoms with Crippen molar-refractivity contribution in [3.8, 4) is 5.75 Å². The Bertz CT molecular complexity index is 555. The number of carbonyl (C=O) groups excluding carboxylic acids is 1. The number of thioether (sulfide) groups is 1. The van der Waals surface area contributed by atoms with Gasteiger partial charge in [-0.2, -0.15) is 0 Å². The molecule has 5 nitrogen and oxygen atoms in total. The highest BCUT2D eigenvalue weighted by molar-refractivity contribution is 8.01. The number of carbonyl (C=O) groups is 2. The van der Waals surface area contributed by atoms with Crippen molar-refractivity contribution in [1.29, 1.82) is 0 Å². The lowest BCUT2D eigenvalue weighted by atomic mass is 10.2. The third-order valence-electron chi connectivity index (χ3n) is 2.43. The third kappa shape index (κ3) is 5.47. The van der Waals surface area contributed by atoms with E-state index in [1.54, 1.807) is 0 Å². The lowest BCUT2D eigenvalue weighted by Gasteiger charge is -2.17. The topological polar surface area (TPSA) is 75.6 Å². The molecule has 1 amide bonds. The average Bonchev–Trinajstić information content (AvgIpc) is 2.37. The second-order valence-corrected chi connectivity index (χ2v) is 7.50. The molecular weight excluding hydrogens is 314 g/mol. The number of hydrogen-bond donors (Lipinski definition) is 2. The molecule has 0 bridgehead atoms. The number of ether oxygens (including phenoxy) is 1. The van der Waals surface area contributed by atoms with E-state index in [2.05, 4.69) is 5.32 Å². The average molecular weight is 332 g/mol. The molecule has 0 aliphatic rings. The van der Waals surface area contributed by atoms with Gasteiger partial charge in [0.1, 0.15) is 11.3 Å². The van der Waals surface area contributed by atoms with Gasteiger partial charge in [-0.05, 0) is 6.07 Å². The number of rotatable bonds is 5. The molecule has 0 aliphatic carbocycles. The first-order chi connectivity index (χ1) is 9.64. The zero-order valence-corrected chi connectivity index (χ0v) is 13.9. The van der Waals surface area contributed by atoms with Gasteiger partial charge in [0.05, 0.1) is 23.6 Å². The van der Waals surface area contributed by atoms with Gasteiger partial charge in [0.2, 0.25) is 5.91 Å². The third-order valence-corrected chi connectivity index (χ3v) is 4.02. The first-order valence-corrected chi connectivity index (χ1v) is 7.55. The van der Waals surface area contributed by atoms with Crippen molar-refractivity contribution >= 4 is 40.9 Å².